The maximum absolute atomic E-state index is 12.3. The molecule has 2 aromatic rings. The highest BCUT2D eigenvalue weighted by molar-refractivity contribution is 6.21. The predicted molar refractivity (Wildman–Crippen MR) is 90.3 cm³/mol. The average molecular weight is 339 g/mol. The van der Waals surface area contributed by atoms with Crippen molar-refractivity contribution in [2.75, 3.05) is 11.9 Å². The van der Waals surface area contributed by atoms with E-state index in [2.05, 4.69) is 10.3 Å². The van der Waals surface area contributed by atoms with Gasteiger partial charge in [0.1, 0.15) is 0 Å². The first-order valence-corrected chi connectivity index (χ1v) is 7.88. The minimum Gasteiger partial charge on any atom is -0.504 e. The molecule has 1 aliphatic rings. The van der Waals surface area contributed by atoms with Crippen LogP contribution in [0.4, 0.5) is 5.82 Å². The number of fused-ring (bicyclic) bond motifs is 1. The molecule has 3 amide bonds. The number of carbonyl (C=O) groups is 3. The van der Waals surface area contributed by atoms with Gasteiger partial charge in [-0.3, -0.25) is 19.3 Å². The lowest BCUT2D eigenvalue weighted by atomic mass is 10.1. The van der Waals surface area contributed by atoms with Crippen molar-refractivity contribution >= 4 is 23.5 Å². The molecule has 2 heterocycles. The second-order valence-corrected chi connectivity index (χ2v) is 5.83. The van der Waals surface area contributed by atoms with Crippen molar-refractivity contribution in [2.45, 2.75) is 19.8 Å². The summed E-state index contributed by atoms with van der Waals surface area (Å²) in [4.78, 5) is 41.6. The Morgan fingerprint density at radius 3 is 2.72 bits per heavy atom. The number of aryl methyl sites for hydroxylation is 1. The number of nitrogens with one attached hydrogen (secondary N) is 1. The maximum Gasteiger partial charge on any atom is 0.261 e. The van der Waals surface area contributed by atoms with Crippen molar-refractivity contribution in [1.29, 1.82) is 0 Å². The quantitative estimate of drug-likeness (QED) is 0.813. The van der Waals surface area contributed by atoms with Crippen LogP contribution in [0.3, 0.4) is 0 Å². The Morgan fingerprint density at radius 2 is 1.96 bits per heavy atom. The number of carbonyl (C=O) groups excluding carboxylic acids is 3. The van der Waals surface area contributed by atoms with Crippen LogP contribution >= 0.6 is 0 Å². The number of pyridine rings is 1. The summed E-state index contributed by atoms with van der Waals surface area (Å²) in [7, 11) is 0. The van der Waals surface area contributed by atoms with Gasteiger partial charge in [0.25, 0.3) is 11.8 Å². The number of hydrogen-bond donors (Lipinski definition) is 2. The molecule has 3 rings (SSSR count). The number of aromatic nitrogens is 1. The van der Waals surface area contributed by atoms with Gasteiger partial charge in [0.15, 0.2) is 11.6 Å². The van der Waals surface area contributed by atoms with Gasteiger partial charge in [0, 0.05) is 19.2 Å². The third-order valence-electron chi connectivity index (χ3n) is 3.96. The average Bonchev–Trinajstić information content (AvgIpc) is 2.81. The molecular weight excluding hydrogens is 322 g/mol. The fourth-order valence-electron chi connectivity index (χ4n) is 2.69. The third kappa shape index (κ3) is 3.35. The lowest BCUT2D eigenvalue weighted by molar-refractivity contribution is -0.116. The zero-order valence-corrected chi connectivity index (χ0v) is 13.7. The van der Waals surface area contributed by atoms with Crippen molar-refractivity contribution < 1.29 is 19.5 Å². The summed E-state index contributed by atoms with van der Waals surface area (Å²) in [6.45, 7) is 2.02. The molecule has 0 spiro atoms. The molecule has 0 unspecified atom stereocenters. The predicted octanol–water partition coefficient (Wildman–Crippen LogP) is 2.11. The summed E-state index contributed by atoms with van der Waals surface area (Å²) >= 11 is 0. The first kappa shape index (κ1) is 16.6. The molecule has 0 radical (unpaired) electrons. The number of nitrogens with zero attached hydrogens (tertiary/aromatic N) is 2. The van der Waals surface area contributed by atoms with E-state index >= 15 is 0 Å². The molecule has 0 atom stereocenters. The summed E-state index contributed by atoms with van der Waals surface area (Å²) in [6.07, 6.45) is 1.88. The lowest BCUT2D eigenvalue weighted by Gasteiger charge is -2.13. The molecule has 25 heavy (non-hydrogen) atoms. The van der Waals surface area contributed by atoms with Crippen LogP contribution in [0.15, 0.2) is 36.5 Å². The second-order valence-electron chi connectivity index (χ2n) is 5.83. The SMILES string of the molecule is Cc1ccc2c(c1)C(=O)N(CCCC(=O)Nc1ncccc1O)C2=O. The normalized spacial score (nSPS) is 13.1. The topological polar surface area (TPSA) is 99.6 Å². The third-order valence-corrected chi connectivity index (χ3v) is 3.96. The summed E-state index contributed by atoms with van der Waals surface area (Å²) in [5.74, 6) is -1.04. The van der Waals surface area contributed by atoms with Gasteiger partial charge in [0.2, 0.25) is 5.91 Å². The Hall–Kier alpha value is -3.22. The molecule has 0 bridgehead atoms. The van der Waals surface area contributed by atoms with Crippen molar-refractivity contribution in [3.63, 3.8) is 0 Å². The standard InChI is InChI=1S/C18H17N3O4/c1-11-6-7-12-13(10-11)18(25)21(17(12)24)9-3-5-15(23)20-16-14(22)4-2-8-19-16/h2,4,6-8,10,22H,3,5,9H2,1H3,(H,19,20,23). The minimum atomic E-state index is -0.346. The number of hydrogen-bond acceptors (Lipinski definition) is 5. The molecule has 128 valence electrons. The fraction of sp³-hybridized carbons (Fsp3) is 0.222. The smallest absolute Gasteiger partial charge is 0.261 e. The van der Waals surface area contributed by atoms with Gasteiger partial charge < -0.3 is 10.4 Å². The number of rotatable bonds is 5. The van der Waals surface area contributed by atoms with E-state index < -0.39 is 0 Å². The molecule has 0 saturated carbocycles. The van der Waals surface area contributed by atoms with Crippen LogP contribution in [0.25, 0.3) is 0 Å². The van der Waals surface area contributed by atoms with Gasteiger partial charge in [0.05, 0.1) is 11.1 Å². The van der Waals surface area contributed by atoms with Crippen molar-refractivity contribution in [3.8, 4) is 5.75 Å². The van der Waals surface area contributed by atoms with Crippen molar-refractivity contribution in [2.24, 2.45) is 0 Å². The second kappa shape index (κ2) is 6.72. The van der Waals surface area contributed by atoms with Crippen LogP contribution in [0, 0.1) is 6.92 Å². The van der Waals surface area contributed by atoms with Crippen LogP contribution in [0.1, 0.15) is 39.1 Å². The maximum atomic E-state index is 12.3. The van der Waals surface area contributed by atoms with E-state index in [1.54, 1.807) is 24.3 Å². The molecule has 1 aromatic carbocycles. The molecule has 1 aliphatic heterocycles. The van der Waals surface area contributed by atoms with E-state index in [-0.39, 0.29) is 42.3 Å². The highest BCUT2D eigenvalue weighted by atomic mass is 16.3. The van der Waals surface area contributed by atoms with Crippen LogP contribution in [0.5, 0.6) is 5.75 Å². The van der Waals surface area contributed by atoms with Gasteiger partial charge in [-0.15, -0.1) is 0 Å². The molecular formula is C18H17N3O4. The van der Waals surface area contributed by atoms with E-state index in [9.17, 15) is 19.5 Å². The molecule has 1 aromatic heterocycles. The Kier molecular flexibility index (Phi) is 4.47. The Labute approximate surface area is 144 Å². The van der Waals surface area contributed by atoms with Crippen LogP contribution < -0.4 is 5.32 Å². The monoisotopic (exact) mass is 339 g/mol. The summed E-state index contributed by atoms with van der Waals surface area (Å²) in [6, 6.07) is 8.12. The van der Waals surface area contributed by atoms with Gasteiger partial charge in [-0.1, -0.05) is 11.6 Å². The summed E-state index contributed by atoms with van der Waals surface area (Å²) < 4.78 is 0. The highest BCUT2D eigenvalue weighted by Gasteiger charge is 2.34. The van der Waals surface area contributed by atoms with E-state index in [4.69, 9.17) is 0 Å². The minimum absolute atomic E-state index is 0.0868. The van der Waals surface area contributed by atoms with E-state index in [0.29, 0.717) is 17.5 Å². The molecule has 2 N–H and O–H groups in total. The number of aromatic hydroxyl groups is 1. The number of anilines is 1. The van der Waals surface area contributed by atoms with Gasteiger partial charge >= 0.3 is 0 Å². The highest BCUT2D eigenvalue weighted by Crippen LogP contribution is 2.24. The van der Waals surface area contributed by atoms with Crippen molar-refractivity contribution in [3.05, 3.63) is 53.2 Å². The number of benzene rings is 1. The zero-order valence-electron chi connectivity index (χ0n) is 13.7. The van der Waals surface area contributed by atoms with Crippen LogP contribution in [0.2, 0.25) is 0 Å². The fourth-order valence-corrected chi connectivity index (χ4v) is 2.69. The summed E-state index contributed by atoms with van der Waals surface area (Å²) in [5.41, 5.74) is 1.72. The van der Waals surface area contributed by atoms with Gasteiger partial charge in [-0.25, -0.2) is 4.98 Å². The van der Waals surface area contributed by atoms with Crippen molar-refractivity contribution in [1.82, 2.24) is 9.88 Å². The first-order chi connectivity index (χ1) is 12.0. The molecule has 0 aliphatic carbocycles. The Balaban J connectivity index is 1.56. The lowest BCUT2D eigenvalue weighted by Crippen LogP contribution is -2.31. The van der Waals surface area contributed by atoms with Gasteiger partial charge in [-0.2, -0.15) is 0 Å². The van der Waals surface area contributed by atoms with E-state index in [1.165, 1.54) is 12.3 Å². The van der Waals surface area contributed by atoms with E-state index in [0.717, 1.165) is 10.5 Å². The molecule has 0 fully saturated rings. The molecule has 7 heteroatoms. The Bertz CT molecular complexity index is 863. The number of imide groups is 1. The molecule has 7 nitrogen and oxygen atoms in total. The largest absolute Gasteiger partial charge is 0.504 e. The first-order valence-electron chi connectivity index (χ1n) is 7.88. The summed E-state index contributed by atoms with van der Waals surface area (Å²) in [5, 5.41) is 12.1. The Morgan fingerprint density at radius 1 is 1.20 bits per heavy atom. The molecule has 0 saturated heterocycles. The van der Waals surface area contributed by atoms with E-state index in [1.807, 2.05) is 6.92 Å². The number of amides is 3. The van der Waals surface area contributed by atoms with Gasteiger partial charge in [-0.05, 0) is 37.6 Å². The van der Waals surface area contributed by atoms with Crippen LogP contribution in [-0.2, 0) is 4.79 Å². The van der Waals surface area contributed by atoms with Crippen LogP contribution in [-0.4, -0.2) is 39.3 Å². The zero-order chi connectivity index (χ0) is 18.0.